The molecule has 3 heterocycles. The molecule has 9 heteroatoms. The van der Waals surface area contributed by atoms with Gasteiger partial charge in [-0.1, -0.05) is 30.3 Å². The molecule has 0 saturated carbocycles. The maximum Gasteiger partial charge on any atom is 0.164 e. The van der Waals surface area contributed by atoms with Gasteiger partial charge in [0, 0.05) is 22.2 Å². The van der Waals surface area contributed by atoms with Crippen LogP contribution in [0.3, 0.4) is 0 Å². The molecule has 1 unspecified atom stereocenters. The third kappa shape index (κ3) is 4.48. The van der Waals surface area contributed by atoms with Crippen molar-refractivity contribution in [3.63, 3.8) is 0 Å². The fourth-order valence-electron chi connectivity index (χ4n) is 4.14. The third-order valence-electron chi connectivity index (χ3n) is 5.83. The van der Waals surface area contributed by atoms with E-state index in [1.54, 1.807) is 16.8 Å². The predicted octanol–water partition coefficient (Wildman–Crippen LogP) is 5.32. The number of halogens is 1. The first-order valence-electron chi connectivity index (χ1n) is 11.4. The first kappa shape index (κ1) is 22.1. The number of hydrogen-bond acceptors (Lipinski definition) is 5. The monoisotopic (exact) mass is 496 g/mol. The Morgan fingerprint density at radius 2 is 1.81 bits per heavy atom. The summed E-state index contributed by atoms with van der Waals surface area (Å²) in [7, 11) is -1.25. The normalized spacial score (nSPS) is 12.2. The van der Waals surface area contributed by atoms with E-state index in [-0.39, 0.29) is 11.6 Å². The van der Waals surface area contributed by atoms with Gasteiger partial charge in [-0.3, -0.25) is 8.89 Å². The number of hydrogen-bond donors (Lipinski definition) is 1. The van der Waals surface area contributed by atoms with E-state index in [1.165, 1.54) is 12.1 Å². The summed E-state index contributed by atoms with van der Waals surface area (Å²) < 4.78 is 30.0. The fourth-order valence-corrected chi connectivity index (χ4v) is 5.13. The average molecular weight is 497 g/mol. The highest BCUT2D eigenvalue weighted by atomic mass is 32.2. The molecule has 1 N–H and O–H groups in total. The zero-order valence-electron chi connectivity index (χ0n) is 19.1. The molecule has 3 aromatic heterocycles. The van der Waals surface area contributed by atoms with Crippen molar-refractivity contribution in [2.24, 2.45) is 0 Å². The van der Waals surface area contributed by atoms with Gasteiger partial charge in [0.2, 0.25) is 0 Å². The van der Waals surface area contributed by atoms with Crippen LogP contribution in [-0.4, -0.2) is 28.6 Å². The number of nitrogens with one attached hydrogen (secondary N) is 1. The van der Waals surface area contributed by atoms with E-state index in [0.29, 0.717) is 18.2 Å². The van der Waals surface area contributed by atoms with Gasteiger partial charge in [0.05, 0.1) is 34.8 Å². The van der Waals surface area contributed by atoms with Crippen molar-refractivity contribution in [2.75, 3.05) is 5.32 Å². The first-order valence-corrected chi connectivity index (χ1v) is 12.7. The summed E-state index contributed by atoms with van der Waals surface area (Å²) in [5, 5.41) is 13.4. The van der Waals surface area contributed by atoms with Crippen molar-refractivity contribution in [1.29, 1.82) is 0 Å². The molecule has 6 aromatic rings. The van der Waals surface area contributed by atoms with E-state index in [0.717, 1.165) is 32.6 Å². The maximum atomic E-state index is 13.6. The van der Waals surface area contributed by atoms with Crippen LogP contribution in [0.2, 0.25) is 0 Å². The largest absolute Gasteiger partial charge is 0.338 e. The van der Waals surface area contributed by atoms with E-state index in [9.17, 15) is 8.60 Å². The predicted molar refractivity (Wildman–Crippen MR) is 138 cm³/mol. The molecule has 0 radical (unpaired) electrons. The molecule has 3 aromatic carbocycles. The van der Waals surface area contributed by atoms with Gasteiger partial charge in [0.15, 0.2) is 11.6 Å². The zero-order valence-corrected chi connectivity index (χ0v) is 19.9. The van der Waals surface area contributed by atoms with E-state index >= 15 is 0 Å². The van der Waals surface area contributed by atoms with Gasteiger partial charge in [-0.05, 0) is 60.2 Å². The Kier molecular flexibility index (Phi) is 5.74. The minimum atomic E-state index is -1.25. The Hall–Kier alpha value is -4.37. The van der Waals surface area contributed by atoms with Gasteiger partial charge >= 0.3 is 0 Å². The van der Waals surface area contributed by atoms with Crippen molar-refractivity contribution >= 4 is 38.7 Å². The molecule has 0 aliphatic heterocycles. The average Bonchev–Trinajstić information content (AvgIpc) is 3.52. The summed E-state index contributed by atoms with van der Waals surface area (Å²) in [5.74, 6) is 1.05. The third-order valence-corrected chi connectivity index (χ3v) is 7.15. The molecule has 0 aliphatic carbocycles. The summed E-state index contributed by atoms with van der Waals surface area (Å²) in [5.41, 5.74) is 3.44. The summed E-state index contributed by atoms with van der Waals surface area (Å²) in [6.07, 6.45) is 3.64. The van der Waals surface area contributed by atoms with Crippen molar-refractivity contribution in [1.82, 2.24) is 24.4 Å². The molecule has 0 spiro atoms. The molecule has 36 heavy (non-hydrogen) atoms. The number of rotatable bonds is 7. The fraction of sp³-hybridized carbons (Fsp3) is 0.0741. The highest BCUT2D eigenvalue weighted by Crippen LogP contribution is 2.25. The van der Waals surface area contributed by atoms with Gasteiger partial charge in [0.1, 0.15) is 11.3 Å². The van der Waals surface area contributed by atoms with Gasteiger partial charge in [-0.2, -0.15) is 10.2 Å². The molecule has 0 fully saturated rings. The lowest BCUT2D eigenvalue weighted by atomic mass is 10.2. The molecule has 0 amide bonds. The van der Waals surface area contributed by atoms with Gasteiger partial charge < -0.3 is 5.32 Å². The van der Waals surface area contributed by atoms with Crippen molar-refractivity contribution in [2.45, 2.75) is 17.2 Å². The van der Waals surface area contributed by atoms with Crippen LogP contribution in [0.25, 0.3) is 16.4 Å². The topological polar surface area (TPSA) is 77.1 Å². The molecular formula is C27H21FN6OS. The number of benzene rings is 3. The lowest BCUT2D eigenvalue weighted by Crippen LogP contribution is -2.08. The Morgan fingerprint density at radius 1 is 0.917 bits per heavy atom. The van der Waals surface area contributed by atoms with Crippen molar-refractivity contribution in [3.05, 3.63) is 115 Å². The quantitative estimate of drug-likeness (QED) is 0.324. The van der Waals surface area contributed by atoms with Crippen molar-refractivity contribution in [3.8, 4) is 0 Å². The Morgan fingerprint density at radius 3 is 2.67 bits per heavy atom. The van der Waals surface area contributed by atoms with Crippen LogP contribution in [0, 0.1) is 5.82 Å². The second-order valence-electron chi connectivity index (χ2n) is 8.35. The summed E-state index contributed by atoms with van der Waals surface area (Å²) in [6.45, 7) is 0.479. The van der Waals surface area contributed by atoms with Gasteiger partial charge in [-0.15, -0.1) is 0 Å². The van der Waals surface area contributed by atoms with Crippen LogP contribution < -0.4 is 5.32 Å². The van der Waals surface area contributed by atoms with Gasteiger partial charge in [0.25, 0.3) is 0 Å². The highest BCUT2D eigenvalue weighted by Gasteiger charge is 2.13. The Bertz CT molecular complexity index is 1710. The number of anilines is 2. The molecule has 7 nitrogen and oxygen atoms in total. The second kappa shape index (κ2) is 9.35. The van der Waals surface area contributed by atoms with Crippen LogP contribution in [0.4, 0.5) is 15.9 Å². The first-order chi connectivity index (χ1) is 17.6. The number of fused-ring (bicyclic) bond motifs is 2. The lowest BCUT2D eigenvalue weighted by Gasteiger charge is -2.10. The van der Waals surface area contributed by atoms with Crippen LogP contribution >= 0.6 is 0 Å². The molecule has 178 valence electrons. The smallest absolute Gasteiger partial charge is 0.164 e. The van der Waals surface area contributed by atoms with Crippen LogP contribution in [0.5, 0.6) is 0 Å². The molecular weight excluding hydrogens is 475 g/mol. The second-order valence-corrected chi connectivity index (χ2v) is 9.80. The van der Waals surface area contributed by atoms with E-state index in [1.807, 2.05) is 77.6 Å². The maximum absolute atomic E-state index is 13.6. The van der Waals surface area contributed by atoms with E-state index < -0.39 is 10.8 Å². The summed E-state index contributed by atoms with van der Waals surface area (Å²) in [4.78, 5) is 5.43. The minimum Gasteiger partial charge on any atom is -0.338 e. The van der Waals surface area contributed by atoms with Crippen molar-refractivity contribution < 1.29 is 8.60 Å². The molecule has 0 aliphatic rings. The van der Waals surface area contributed by atoms with E-state index in [2.05, 4.69) is 15.5 Å². The SMILES string of the molecule is O=S(Cc1nc(Nc2ccc3c(cnn3Cc3cccc(F)c3)c2)c2cccn2n1)c1ccccc1. The van der Waals surface area contributed by atoms with Crippen LogP contribution in [0.1, 0.15) is 11.4 Å². The zero-order chi connectivity index (χ0) is 24.5. The molecule has 6 rings (SSSR count). The number of aromatic nitrogens is 5. The summed E-state index contributed by atoms with van der Waals surface area (Å²) in [6, 6.07) is 25.6. The standard InChI is InChI=1S/C27H21FN6OS/c28-21-7-4-6-19(14-21)17-34-24-12-11-22(15-20(24)16-29-34)30-27-25-10-5-13-33(25)32-26(31-27)18-36(35)23-8-2-1-3-9-23/h1-16H,17-18H2,(H,30,31,32). The highest BCUT2D eigenvalue weighted by molar-refractivity contribution is 7.84. The summed E-state index contributed by atoms with van der Waals surface area (Å²) >= 11 is 0. The Balaban J connectivity index is 1.27. The minimum absolute atomic E-state index is 0.207. The molecule has 0 saturated heterocycles. The van der Waals surface area contributed by atoms with Gasteiger partial charge in [-0.25, -0.2) is 13.9 Å². The lowest BCUT2D eigenvalue weighted by molar-refractivity contribution is 0.621. The van der Waals surface area contributed by atoms with Crippen LogP contribution in [-0.2, 0) is 23.1 Å². The molecule has 1 atom stereocenters. The van der Waals surface area contributed by atoms with E-state index in [4.69, 9.17) is 4.98 Å². The molecule has 0 bridgehead atoms. The number of nitrogens with zero attached hydrogens (tertiary/aromatic N) is 5. The van der Waals surface area contributed by atoms with Crippen LogP contribution in [0.15, 0.2) is 102 Å². The Labute approximate surface area is 208 Å².